The van der Waals surface area contributed by atoms with Gasteiger partial charge in [0, 0.05) is 16.2 Å². The zero-order chi connectivity index (χ0) is 16.2. The molecule has 4 heteroatoms. The van der Waals surface area contributed by atoms with E-state index in [1.165, 1.54) is 0 Å². The van der Waals surface area contributed by atoms with Crippen molar-refractivity contribution >= 4 is 32.7 Å². The normalized spacial score (nSPS) is 10.5. The first-order valence-electron chi connectivity index (χ1n) is 7.68. The quantitative estimate of drug-likeness (QED) is 0.397. The lowest BCUT2D eigenvalue weighted by atomic mass is 10.1. The molecule has 2 heterocycles. The third-order valence-corrected chi connectivity index (χ3v) is 3.79. The summed E-state index contributed by atoms with van der Waals surface area (Å²) in [7, 11) is 0. The number of hydrogen-bond acceptors (Lipinski definition) is 4. The average Bonchev–Trinajstić information content (AvgIpc) is 2.68. The van der Waals surface area contributed by atoms with E-state index in [-0.39, 0.29) is 0 Å². The van der Waals surface area contributed by atoms with Crippen molar-refractivity contribution in [3.63, 3.8) is 0 Å². The van der Waals surface area contributed by atoms with Crippen molar-refractivity contribution in [2.45, 2.75) is 0 Å². The monoisotopic (exact) mass is 310 g/mol. The third-order valence-electron chi connectivity index (χ3n) is 3.79. The van der Waals surface area contributed by atoms with E-state index in [9.17, 15) is 0 Å². The van der Waals surface area contributed by atoms with Gasteiger partial charge in [0.25, 0.3) is 0 Å². The molecule has 5 rings (SSSR count). The first kappa shape index (κ1) is 14.2. The maximum atomic E-state index is 4.16. The van der Waals surface area contributed by atoms with Gasteiger partial charge in [-0.3, -0.25) is 0 Å². The molecule has 0 atom stereocenters. The minimum absolute atomic E-state index is 0.949. The van der Waals surface area contributed by atoms with Crippen molar-refractivity contribution < 1.29 is 0 Å². The molecule has 24 heavy (non-hydrogen) atoms. The summed E-state index contributed by atoms with van der Waals surface area (Å²) >= 11 is 0. The summed E-state index contributed by atoms with van der Waals surface area (Å²) in [5, 5.41) is 19.5. The molecule has 0 bridgehead atoms. The smallest absolute Gasteiger partial charge is 0.0936 e. The van der Waals surface area contributed by atoms with Gasteiger partial charge in [-0.1, -0.05) is 54.6 Å². The fourth-order valence-electron chi connectivity index (χ4n) is 2.61. The Kier molecular flexibility index (Phi) is 3.78. The molecule has 0 aliphatic carbocycles. The minimum Gasteiger partial charge on any atom is -0.159 e. The van der Waals surface area contributed by atoms with Gasteiger partial charge in [0.2, 0.25) is 0 Å². The largest absolute Gasteiger partial charge is 0.159 e. The van der Waals surface area contributed by atoms with E-state index < -0.39 is 0 Å². The second-order valence-corrected chi connectivity index (χ2v) is 5.32. The Bertz CT molecular complexity index is 1000. The van der Waals surface area contributed by atoms with Crippen molar-refractivity contribution in [3.05, 3.63) is 85.1 Å². The van der Waals surface area contributed by atoms with E-state index in [1.54, 1.807) is 6.20 Å². The topological polar surface area (TPSA) is 51.6 Å². The van der Waals surface area contributed by atoms with Crippen LogP contribution in [0.15, 0.2) is 85.1 Å². The second kappa shape index (κ2) is 6.38. The molecule has 0 N–H and O–H groups in total. The van der Waals surface area contributed by atoms with Gasteiger partial charge in [0.05, 0.1) is 22.7 Å². The Labute approximate surface area is 138 Å². The van der Waals surface area contributed by atoms with Crippen LogP contribution in [0.3, 0.4) is 0 Å². The fraction of sp³-hybridized carbons (Fsp3) is 0. The molecule has 114 valence electrons. The fourth-order valence-corrected chi connectivity index (χ4v) is 2.61. The maximum Gasteiger partial charge on any atom is 0.0936 e. The van der Waals surface area contributed by atoms with Crippen LogP contribution in [0.5, 0.6) is 0 Å². The highest BCUT2D eigenvalue weighted by molar-refractivity contribution is 6.03. The van der Waals surface area contributed by atoms with Crippen LogP contribution in [-0.2, 0) is 0 Å². The molecule has 0 aliphatic rings. The molecule has 0 radical (unpaired) electrons. The summed E-state index contributed by atoms with van der Waals surface area (Å²) in [4.78, 5) is 0. The number of rotatable bonds is 0. The Morgan fingerprint density at radius 2 is 1.00 bits per heavy atom. The minimum atomic E-state index is 0.949. The van der Waals surface area contributed by atoms with Crippen LogP contribution in [0, 0.1) is 0 Å². The lowest BCUT2D eigenvalue weighted by molar-refractivity contribution is 1.08. The van der Waals surface area contributed by atoms with Crippen LogP contribution >= 0.6 is 0 Å². The van der Waals surface area contributed by atoms with E-state index in [0.717, 1.165) is 32.7 Å². The molecule has 0 saturated carbocycles. The number of aromatic nitrogens is 4. The molecule has 0 unspecified atom stereocenters. The van der Waals surface area contributed by atoms with Gasteiger partial charge in [-0.25, -0.2) is 0 Å². The lowest BCUT2D eigenvalue weighted by Gasteiger charge is -1.99. The maximum absolute atomic E-state index is 4.16. The van der Waals surface area contributed by atoms with Gasteiger partial charge in [-0.2, -0.15) is 10.2 Å². The van der Waals surface area contributed by atoms with E-state index in [4.69, 9.17) is 0 Å². The number of fused-ring (bicyclic) bond motifs is 4. The predicted molar refractivity (Wildman–Crippen MR) is 96.6 cm³/mol. The highest BCUT2D eigenvalue weighted by Crippen LogP contribution is 2.20. The number of hydrogen-bond donors (Lipinski definition) is 0. The van der Waals surface area contributed by atoms with Gasteiger partial charge >= 0.3 is 0 Å². The summed E-state index contributed by atoms with van der Waals surface area (Å²) < 4.78 is 0. The summed E-state index contributed by atoms with van der Waals surface area (Å²) in [5.74, 6) is 0. The molecule has 0 fully saturated rings. The molecule has 0 spiro atoms. The molecule has 2 aromatic heterocycles. The van der Waals surface area contributed by atoms with E-state index >= 15 is 0 Å². The molecule has 3 aromatic carbocycles. The van der Waals surface area contributed by atoms with Crippen LogP contribution in [0.2, 0.25) is 0 Å². The van der Waals surface area contributed by atoms with Crippen molar-refractivity contribution in [1.29, 1.82) is 0 Å². The standard InChI is InChI=1S/C12H8N2.C8H6N2/c1-3-7-11-9(5-1)10-6-2-4-8-12(10)14-13-11;1-2-4-8-7(3-1)5-6-9-10-8/h1-8H;1-6H. The molecule has 0 amide bonds. The second-order valence-electron chi connectivity index (χ2n) is 5.32. The zero-order valence-corrected chi connectivity index (χ0v) is 12.9. The van der Waals surface area contributed by atoms with Crippen LogP contribution < -0.4 is 0 Å². The lowest BCUT2D eigenvalue weighted by Crippen LogP contribution is -1.85. The van der Waals surface area contributed by atoms with Crippen molar-refractivity contribution in [3.8, 4) is 0 Å². The van der Waals surface area contributed by atoms with Crippen molar-refractivity contribution in [2.24, 2.45) is 0 Å². The SMILES string of the molecule is c1ccc2c(c1)nnc1ccccc12.c1ccc2nnccc2c1. The molecule has 5 aromatic rings. The molecular weight excluding hydrogens is 296 g/mol. The highest BCUT2D eigenvalue weighted by Gasteiger charge is 2.00. The van der Waals surface area contributed by atoms with E-state index in [1.807, 2.05) is 66.7 Å². The van der Waals surface area contributed by atoms with Gasteiger partial charge in [0.15, 0.2) is 0 Å². The van der Waals surface area contributed by atoms with Crippen molar-refractivity contribution in [2.75, 3.05) is 0 Å². The van der Waals surface area contributed by atoms with Gasteiger partial charge in [0.1, 0.15) is 0 Å². The van der Waals surface area contributed by atoms with Gasteiger partial charge in [-0.15, -0.1) is 10.2 Å². The van der Waals surface area contributed by atoms with Crippen LogP contribution in [0.25, 0.3) is 32.7 Å². The third kappa shape index (κ3) is 2.77. The first-order chi connectivity index (χ1) is 11.9. The Morgan fingerprint density at radius 1 is 0.458 bits per heavy atom. The Balaban J connectivity index is 0.000000129. The van der Waals surface area contributed by atoms with E-state index in [2.05, 4.69) is 32.5 Å². The van der Waals surface area contributed by atoms with Crippen LogP contribution in [0.1, 0.15) is 0 Å². The summed E-state index contributed by atoms with van der Waals surface area (Å²) in [6, 6.07) is 26.0. The molecule has 0 aliphatic heterocycles. The van der Waals surface area contributed by atoms with Crippen LogP contribution in [-0.4, -0.2) is 20.4 Å². The van der Waals surface area contributed by atoms with Crippen LogP contribution in [0.4, 0.5) is 0 Å². The zero-order valence-electron chi connectivity index (χ0n) is 12.9. The average molecular weight is 310 g/mol. The summed E-state index contributed by atoms with van der Waals surface area (Å²) in [5.41, 5.74) is 2.85. The molecular formula is C20H14N4. The first-order valence-corrected chi connectivity index (χ1v) is 7.68. The number of nitrogens with zero attached hydrogens (tertiary/aromatic N) is 4. The number of benzene rings is 3. The van der Waals surface area contributed by atoms with Gasteiger partial charge in [-0.05, 0) is 24.3 Å². The highest BCUT2D eigenvalue weighted by atomic mass is 15.1. The predicted octanol–water partition coefficient (Wildman–Crippen LogP) is 4.41. The van der Waals surface area contributed by atoms with Crippen molar-refractivity contribution in [1.82, 2.24) is 20.4 Å². The molecule has 4 nitrogen and oxygen atoms in total. The molecule has 0 saturated heterocycles. The van der Waals surface area contributed by atoms with E-state index in [0.29, 0.717) is 0 Å². The Morgan fingerprint density at radius 3 is 1.62 bits per heavy atom. The Hall–Kier alpha value is -3.40. The summed E-state index contributed by atoms with van der Waals surface area (Å²) in [6.45, 7) is 0. The van der Waals surface area contributed by atoms with Gasteiger partial charge < -0.3 is 0 Å². The summed E-state index contributed by atoms with van der Waals surface area (Å²) in [6.07, 6.45) is 1.70.